The van der Waals surface area contributed by atoms with Crippen LogP contribution in [0.25, 0.3) is 22.0 Å². The highest BCUT2D eigenvalue weighted by Gasteiger charge is 2.30. The number of benzene rings is 4. The predicted molar refractivity (Wildman–Crippen MR) is 179 cm³/mol. The van der Waals surface area contributed by atoms with Gasteiger partial charge in [-0.15, -0.1) is 0 Å². The van der Waals surface area contributed by atoms with Crippen molar-refractivity contribution in [1.82, 2.24) is 20.6 Å². The summed E-state index contributed by atoms with van der Waals surface area (Å²) < 4.78 is 39.2. The lowest BCUT2D eigenvalue weighted by Gasteiger charge is -2.18. The summed E-state index contributed by atoms with van der Waals surface area (Å²) in [6.07, 6.45) is -2.92. The van der Waals surface area contributed by atoms with Crippen LogP contribution in [0.4, 0.5) is 19.0 Å². The first-order valence-electron chi connectivity index (χ1n) is 15.2. The molecule has 0 fully saturated rings. The third-order valence-corrected chi connectivity index (χ3v) is 7.72. The SMILES string of the molecule is O=C(N[C@H](C(=O)NCc1ccccc1)c1ccccn1)c1ccc2nc(NC(=O)c3ccccc3-c3ccc(C(F)(F)F)cc3)ccc2c1. The van der Waals surface area contributed by atoms with Crippen molar-refractivity contribution in [2.24, 2.45) is 0 Å². The lowest BCUT2D eigenvalue weighted by atomic mass is 9.98. The minimum absolute atomic E-state index is 0.238. The highest BCUT2D eigenvalue weighted by molar-refractivity contribution is 6.09. The molecule has 11 heteroatoms. The van der Waals surface area contributed by atoms with Gasteiger partial charge in [0.1, 0.15) is 5.82 Å². The van der Waals surface area contributed by atoms with Crippen molar-refractivity contribution in [3.8, 4) is 11.1 Å². The number of hydrogen-bond acceptors (Lipinski definition) is 5. The van der Waals surface area contributed by atoms with E-state index in [2.05, 4.69) is 25.9 Å². The number of fused-ring (bicyclic) bond motifs is 1. The number of nitrogens with one attached hydrogen (secondary N) is 3. The summed E-state index contributed by atoms with van der Waals surface area (Å²) in [5.41, 5.74) is 2.45. The summed E-state index contributed by atoms with van der Waals surface area (Å²) in [5.74, 6) is -1.17. The Labute approximate surface area is 279 Å². The third kappa shape index (κ3) is 7.79. The van der Waals surface area contributed by atoms with Gasteiger partial charge >= 0.3 is 6.18 Å². The average molecular weight is 660 g/mol. The minimum atomic E-state index is -4.47. The molecular weight excluding hydrogens is 631 g/mol. The predicted octanol–water partition coefficient (Wildman–Crippen LogP) is 7.36. The molecule has 3 N–H and O–H groups in total. The van der Waals surface area contributed by atoms with E-state index in [0.29, 0.717) is 27.7 Å². The van der Waals surface area contributed by atoms with Crippen LogP contribution in [-0.4, -0.2) is 27.7 Å². The van der Waals surface area contributed by atoms with Crippen LogP contribution in [0.15, 0.2) is 134 Å². The normalized spacial score (nSPS) is 11.8. The summed E-state index contributed by atoms with van der Waals surface area (Å²) >= 11 is 0. The highest BCUT2D eigenvalue weighted by Crippen LogP contribution is 2.32. The first-order valence-corrected chi connectivity index (χ1v) is 15.2. The van der Waals surface area contributed by atoms with Gasteiger partial charge < -0.3 is 16.0 Å². The van der Waals surface area contributed by atoms with Crippen molar-refractivity contribution < 1.29 is 27.6 Å². The van der Waals surface area contributed by atoms with E-state index in [-0.39, 0.29) is 23.5 Å². The van der Waals surface area contributed by atoms with E-state index >= 15 is 0 Å². The van der Waals surface area contributed by atoms with Crippen molar-refractivity contribution >= 4 is 34.4 Å². The number of carbonyl (C=O) groups is 3. The van der Waals surface area contributed by atoms with Gasteiger partial charge in [-0.25, -0.2) is 4.98 Å². The molecule has 244 valence electrons. The average Bonchev–Trinajstić information content (AvgIpc) is 3.13. The molecule has 4 aromatic carbocycles. The second kappa shape index (κ2) is 14.2. The van der Waals surface area contributed by atoms with Gasteiger partial charge in [0, 0.05) is 29.3 Å². The van der Waals surface area contributed by atoms with Crippen LogP contribution >= 0.6 is 0 Å². The lowest BCUT2D eigenvalue weighted by molar-refractivity contribution is -0.137. The quantitative estimate of drug-likeness (QED) is 0.150. The molecule has 6 rings (SSSR count). The number of aromatic nitrogens is 2. The van der Waals surface area contributed by atoms with Crippen molar-refractivity contribution in [2.45, 2.75) is 18.8 Å². The van der Waals surface area contributed by atoms with Gasteiger partial charge in [-0.05, 0) is 77.4 Å². The number of amides is 3. The molecule has 2 heterocycles. The highest BCUT2D eigenvalue weighted by atomic mass is 19.4. The summed E-state index contributed by atoms with van der Waals surface area (Å²) in [4.78, 5) is 48.7. The van der Waals surface area contributed by atoms with E-state index in [9.17, 15) is 27.6 Å². The number of anilines is 1. The van der Waals surface area contributed by atoms with Crippen LogP contribution < -0.4 is 16.0 Å². The van der Waals surface area contributed by atoms with Crippen LogP contribution in [0.1, 0.15) is 43.6 Å². The van der Waals surface area contributed by atoms with Crippen LogP contribution in [0, 0.1) is 0 Å². The Hall–Kier alpha value is -6.36. The third-order valence-electron chi connectivity index (χ3n) is 7.72. The molecule has 0 radical (unpaired) electrons. The van der Waals surface area contributed by atoms with Crippen LogP contribution in [-0.2, 0) is 17.5 Å². The second-order valence-corrected chi connectivity index (χ2v) is 11.0. The molecule has 0 aliphatic carbocycles. The van der Waals surface area contributed by atoms with E-state index in [1.807, 2.05) is 30.3 Å². The van der Waals surface area contributed by atoms with Gasteiger partial charge in [0.15, 0.2) is 6.04 Å². The van der Waals surface area contributed by atoms with E-state index in [1.54, 1.807) is 79.0 Å². The Kier molecular flexibility index (Phi) is 9.43. The molecule has 8 nitrogen and oxygen atoms in total. The summed E-state index contributed by atoms with van der Waals surface area (Å²) in [5, 5.41) is 9.01. The van der Waals surface area contributed by atoms with Gasteiger partial charge in [-0.1, -0.05) is 66.7 Å². The molecule has 6 aromatic rings. The lowest BCUT2D eigenvalue weighted by Crippen LogP contribution is -2.40. The van der Waals surface area contributed by atoms with Crippen LogP contribution in [0.5, 0.6) is 0 Å². The zero-order valence-electron chi connectivity index (χ0n) is 25.7. The maximum atomic E-state index is 13.4. The number of alkyl halides is 3. The molecule has 0 aliphatic heterocycles. The number of nitrogens with zero attached hydrogens (tertiary/aromatic N) is 2. The Morgan fingerprint density at radius 2 is 1.47 bits per heavy atom. The fourth-order valence-electron chi connectivity index (χ4n) is 5.21. The van der Waals surface area contributed by atoms with E-state index in [4.69, 9.17) is 0 Å². The van der Waals surface area contributed by atoms with Gasteiger partial charge in [0.25, 0.3) is 11.8 Å². The maximum Gasteiger partial charge on any atom is 0.416 e. The number of carbonyl (C=O) groups excluding carboxylic acids is 3. The van der Waals surface area contributed by atoms with E-state index < -0.39 is 35.5 Å². The van der Waals surface area contributed by atoms with E-state index in [1.165, 1.54) is 12.1 Å². The molecule has 1 atom stereocenters. The second-order valence-electron chi connectivity index (χ2n) is 11.0. The zero-order chi connectivity index (χ0) is 34.4. The summed E-state index contributed by atoms with van der Waals surface area (Å²) in [6.45, 7) is 0.278. The molecule has 0 unspecified atom stereocenters. The van der Waals surface area contributed by atoms with Crippen molar-refractivity contribution in [1.29, 1.82) is 0 Å². The molecule has 2 aromatic heterocycles. The number of hydrogen-bond donors (Lipinski definition) is 3. The molecular formula is C38H28F3N5O3. The first-order chi connectivity index (χ1) is 23.7. The Bertz CT molecular complexity index is 2120. The van der Waals surface area contributed by atoms with Crippen LogP contribution in [0.3, 0.4) is 0 Å². The Morgan fingerprint density at radius 3 is 2.20 bits per heavy atom. The fourth-order valence-corrected chi connectivity index (χ4v) is 5.21. The van der Waals surface area contributed by atoms with E-state index in [0.717, 1.165) is 17.7 Å². The van der Waals surface area contributed by atoms with Crippen molar-refractivity contribution in [3.63, 3.8) is 0 Å². The molecule has 0 spiro atoms. The van der Waals surface area contributed by atoms with Gasteiger partial charge in [-0.3, -0.25) is 19.4 Å². The Morgan fingerprint density at radius 1 is 0.735 bits per heavy atom. The first kappa shape index (κ1) is 32.6. The standard InChI is InChI=1S/C38H28F3N5O3/c39-38(40,41)28-17-13-25(14-18-28)29-10-4-5-11-30(29)36(48)45-33-20-16-26-22-27(15-19-31(26)44-33)35(47)46-34(32-12-6-7-21-42-32)37(49)43-23-24-8-2-1-3-9-24/h1-22,34H,23H2,(H,43,49)(H,46,47)(H,44,45,48)/t34-/m0/s1. The Balaban J connectivity index is 1.17. The van der Waals surface area contributed by atoms with Gasteiger partial charge in [0.05, 0.1) is 16.8 Å². The molecule has 0 saturated carbocycles. The number of pyridine rings is 2. The smallest absolute Gasteiger partial charge is 0.350 e. The molecule has 0 bridgehead atoms. The number of halogens is 3. The fraction of sp³-hybridized carbons (Fsp3) is 0.0789. The minimum Gasteiger partial charge on any atom is -0.350 e. The topological polar surface area (TPSA) is 113 Å². The molecule has 49 heavy (non-hydrogen) atoms. The van der Waals surface area contributed by atoms with Gasteiger partial charge in [0.2, 0.25) is 5.91 Å². The van der Waals surface area contributed by atoms with Crippen molar-refractivity contribution in [3.05, 3.63) is 162 Å². The zero-order valence-corrected chi connectivity index (χ0v) is 25.7. The largest absolute Gasteiger partial charge is 0.416 e. The molecule has 0 saturated heterocycles. The molecule has 0 aliphatic rings. The summed E-state index contributed by atoms with van der Waals surface area (Å²) in [7, 11) is 0. The monoisotopic (exact) mass is 659 g/mol. The van der Waals surface area contributed by atoms with Crippen LogP contribution in [0.2, 0.25) is 0 Å². The summed E-state index contributed by atoms with van der Waals surface area (Å²) in [6, 6.07) is 32.7. The molecule has 3 amide bonds. The number of rotatable bonds is 9. The maximum absolute atomic E-state index is 13.4. The van der Waals surface area contributed by atoms with Crippen molar-refractivity contribution in [2.75, 3.05) is 5.32 Å². The van der Waals surface area contributed by atoms with Gasteiger partial charge in [-0.2, -0.15) is 13.2 Å².